The fourth-order valence-electron chi connectivity index (χ4n) is 4.65. The fourth-order valence-corrected chi connectivity index (χ4v) is 5.39. The van der Waals surface area contributed by atoms with Gasteiger partial charge in [-0.25, -0.2) is 0 Å². The molecule has 4 rings (SSSR count). The highest BCUT2D eigenvalue weighted by Crippen LogP contribution is 2.58. The zero-order chi connectivity index (χ0) is 16.4. The monoisotopic (exact) mass is 419 g/mol. The first-order chi connectivity index (χ1) is 11.8. The number of rotatable bonds is 5. The molecule has 1 spiro atoms. The summed E-state index contributed by atoms with van der Waals surface area (Å²) >= 11 is 1.84. The third kappa shape index (κ3) is 5.14. The molecule has 2 unspecified atom stereocenters. The number of hydrogen-bond donors (Lipinski definition) is 2. The van der Waals surface area contributed by atoms with E-state index in [1.807, 2.05) is 11.3 Å². The van der Waals surface area contributed by atoms with E-state index in [4.69, 9.17) is 0 Å². The van der Waals surface area contributed by atoms with Gasteiger partial charge in [-0.3, -0.25) is 9.69 Å². The van der Waals surface area contributed by atoms with Crippen molar-refractivity contribution in [2.24, 2.45) is 17.3 Å². The lowest BCUT2D eigenvalue weighted by Crippen LogP contribution is -2.41. The van der Waals surface area contributed by atoms with Crippen molar-refractivity contribution in [1.82, 2.24) is 15.5 Å². The Bertz CT molecular complexity index is 563. The summed E-state index contributed by atoms with van der Waals surface area (Å²) in [5.74, 6) is 1.24. The van der Waals surface area contributed by atoms with Crippen molar-refractivity contribution in [1.29, 1.82) is 0 Å². The van der Waals surface area contributed by atoms with Gasteiger partial charge in [0.15, 0.2) is 0 Å². The maximum atomic E-state index is 12.5. The van der Waals surface area contributed by atoms with E-state index in [2.05, 4.69) is 33.0 Å². The summed E-state index contributed by atoms with van der Waals surface area (Å²) < 4.78 is 0. The van der Waals surface area contributed by atoms with E-state index < -0.39 is 0 Å². The highest BCUT2D eigenvalue weighted by molar-refractivity contribution is 7.09. The molecule has 2 atom stereocenters. The predicted molar refractivity (Wildman–Crippen MR) is 112 cm³/mol. The van der Waals surface area contributed by atoms with E-state index in [0.29, 0.717) is 23.2 Å². The van der Waals surface area contributed by atoms with E-state index >= 15 is 0 Å². The second-order valence-electron chi connectivity index (χ2n) is 7.94. The van der Waals surface area contributed by atoms with Gasteiger partial charge in [0.25, 0.3) is 0 Å². The first-order valence-corrected chi connectivity index (χ1v) is 10.4. The van der Waals surface area contributed by atoms with Crippen molar-refractivity contribution in [3.05, 3.63) is 22.4 Å². The lowest BCUT2D eigenvalue weighted by molar-refractivity contribution is -0.123. The number of thiophene rings is 1. The van der Waals surface area contributed by atoms with Crippen LogP contribution in [0.4, 0.5) is 0 Å². The zero-order valence-corrected chi connectivity index (χ0v) is 17.7. The number of carbonyl (C=O) groups excluding carboxylic acids is 1. The average Bonchev–Trinajstić information content (AvgIpc) is 3.04. The van der Waals surface area contributed by atoms with Crippen molar-refractivity contribution < 1.29 is 4.79 Å². The van der Waals surface area contributed by atoms with Gasteiger partial charge in [0.05, 0.1) is 0 Å². The number of carbonyl (C=O) groups is 1. The highest BCUT2D eigenvalue weighted by Gasteiger charge is 2.57. The first kappa shape index (κ1) is 22.0. The molecule has 3 aliphatic rings. The van der Waals surface area contributed by atoms with E-state index in [9.17, 15) is 4.79 Å². The summed E-state index contributed by atoms with van der Waals surface area (Å²) in [6, 6.07) is 4.36. The summed E-state index contributed by atoms with van der Waals surface area (Å²) in [5.41, 5.74) is 0.354. The minimum Gasteiger partial charge on any atom is -0.356 e. The standard InChI is InChI=1S/C19H29N3OS.2ClH/c23-18(17-11-19(17)5-7-20-8-6-19)21-12-15-3-1-9-22(13-15)14-16-4-2-10-24-16;;/h2,4,10,15,17,20H,1,3,5-9,11-14H2,(H,21,23);2*1H. The third-order valence-electron chi connectivity index (χ3n) is 6.23. The smallest absolute Gasteiger partial charge is 0.223 e. The second-order valence-corrected chi connectivity index (χ2v) is 8.97. The number of nitrogens with one attached hydrogen (secondary N) is 2. The molecule has 0 radical (unpaired) electrons. The van der Waals surface area contributed by atoms with Crippen LogP contribution >= 0.6 is 36.2 Å². The van der Waals surface area contributed by atoms with E-state index in [0.717, 1.165) is 39.1 Å². The number of amides is 1. The van der Waals surface area contributed by atoms with Gasteiger partial charge in [0.1, 0.15) is 0 Å². The molecule has 148 valence electrons. The van der Waals surface area contributed by atoms with Crippen molar-refractivity contribution in [3.63, 3.8) is 0 Å². The molecule has 3 heterocycles. The number of hydrogen-bond acceptors (Lipinski definition) is 4. The van der Waals surface area contributed by atoms with Crippen LogP contribution in [-0.4, -0.2) is 43.5 Å². The molecule has 3 fully saturated rings. The maximum absolute atomic E-state index is 12.5. The first-order valence-electron chi connectivity index (χ1n) is 9.48. The summed E-state index contributed by atoms with van der Waals surface area (Å²) in [7, 11) is 0. The Morgan fingerprint density at radius 3 is 2.88 bits per heavy atom. The third-order valence-corrected chi connectivity index (χ3v) is 7.09. The van der Waals surface area contributed by atoms with Gasteiger partial charge in [0.2, 0.25) is 5.91 Å². The van der Waals surface area contributed by atoms with Crippen molar-refractivity contribution in [2.45, 2.75) is 38.6 Å². The Balaban J connectivity index is 0.00000121. The van der Waals surface area contributed by atoms with Crippen molar-refractivity contribution >= 4 is 42.1 Å². The van der Waals surface area contributed by atoms with Crippen LogP contribution in [0.5, 0.6) is 0 Å². The molecule has 1 saturated carbocycles. The number of piperidine rings is 2. The van der Waals surface area contributed by atoms with Gasteiger partial charge >= 0.3 is 0 Å². The number of halogens is 2. The molecule has 26 heavy (non-hydrogen) atoms. The molecule has 1 amide bonds. The SMILES string of the molecule is Cl.Cl.O=C(NCC1CCCN(Cc2cccs2)C1)C1CC12CCNCC2. The molecule has 1 aromatic rings. The van der Waals surface area contributed by atoms with Crippen molar-refractivity contribution in [2.75, 3.05) is 32.7 Å². The minimum atomic E-state index is 0. The van der Waals surface area contributed by atoms with Crippen LogP contribution in [0.25, 0.3) is 0 Å². The van der Waals surface area contributed by atoms with Gasteiger partial charge in [-0.15, -0.1) is 36.2 Å². The molecule has 1 aromatic heterocycles. The molecule has 1 aliphatic carbocycles. The van der Waals surface area contributed by atoms with Gasteiger partial charge in [0, 0.05) is 30.4 Å². The van der Waals surface area contributed by atoms with Crippen LogP contribution in [0.3, 0.4) is 0 Å². The van der Waals surface area contributed by atoms with Crippen LogP contribution < -0.4 is 10.6 Å². The molecule has 2 saturated heterocycles. The van der Waals surface area contributed by atoms with Gasteiger partial charge in [-0.05, 0) is 74.5 Å². The summed E-state index contributed by atoms with van der Waals surface area (Å²) in [4.78, 5) is 16.5. The van der Waals surface area contributed by atoms with Crippen LogP contribution in [0, 0.1) is 17.3 Å². The van der Waals surface area contributed by atoms with Crippen LogP contribution in [0.15, 0.2) is 17.5 Å². The van der Waals surface area contributed by atoms with Gasteiger partial charge < -0.3 is 10.6 Å². The molecular formula is C19H31Cl2N3OS. The quantitative estimate of drug-likeness (QED) is 0.768. The molecule has 2 N–H and O–H groups in total. The molecule has 0 aromatic carbocycles. The Morgan fingerprint density at radius 1 is 1.35 bits per heavy atom. The highest BCUT2D eigenvalue weighted by atomic mass is 35.5. The predicted octanol–water partition coefficient (Wildman–Crippen LogP) is 3.31. The fraction of sp³-hybridized carbons (Fsp3) is 0.737. The summed E-state index contributed by atoms with van der Waals surface area (Å²) in [6.45, 7) is 6.43. The lowest BCUT2D eigenvalue weighted by atomic mass is 9.91. The van der Waals surface area contributed by atoms with Crippen molar-refractivity contribution in [3.8, 4) is 0 Å². The normalized spacial score (nSPS) is 27.2. The summed E-state index contributed by atoms with van der Waals surface area (Å²) in [6.07, 6.45) is 5.99. The Morgan fingerprint density at radius 2 is 2.15 bits per heavy atom. The number of likely N-dealkylation sites (tertiary alicyclic amines) is 1. The zero-order valence-electron chi connectivity index (χ0n) is 15.2. The molecule has 2 aliphatic heterocycles. The molecule has 4 nitrogen and oxygen atoms in total. The Labute approximate surface area is 173 Å². The second kappa shape index (κ2) is 9.74. The molecular weight excluding hydrogens is 389 g/mol. The Hall–Kier alpha value is -0.330. The largest absolute Gasteiger partial charge is 0.356 e. The molecule has 7 heteroatoms. The lowest BCUT2D eigenvalue weighted by Gasteiger charge is -2.32. The topological polar surface area (TPSA) is 44.4 Å². The van der Waals surface area contributed by atoms with E-state index in [-0.39, 0.29) is 24.8 Å². The van der Waals surface area contributed by atoms with Gasteiger partial charge in [-0.1, -0.05) is 6.07 Å². The summed E-state index contributed by atoms with van der Waals surface area (Å²) in [5, 5.41) is 8.85. The van der Waals surface area contributed by atoms with Crippen LogP contribution in [0.1, 0.15) is 37.0 Å². The molecule has 0 bridgehead atoms. The maximum Gasteiger partial charge on any atom is 0.223 e. The number of nitrogens with zero attached hydrogens (tertiary/aromatic N) is 1. The van der Waals surface area contributed by atoms with Gasteiger partial charge in [-0.2, -0.15) is 0 Å². The minimum absolute atomic E-state index is 0. The average molecular weight is 420 g/mol. The Kier molecular flexibility index (Phi) is 8.23. The van der Waals surface area contributed by atoms with Crippen LogP contribution in [-0.2, 0) is 11.3 Å². The van der Waals surface area contributed by atoms with Crippen LogP contribution in [0.2, 0.25) is 0 Å². The van der Waals surface area contributed by atoms with E-state index in [1.54, 1.807) is 0 Å². The van der Waals surface area contributed by atoms with E-state index in [1.165, 1.54) is 37.1 Å².